The summed E-state index contributed by atoms with van der Waals surface area (Å²) in [5, 5.41) is 6.89. The molecule has 1 heterocycles. The third-order valence-corrected chi connectivity index (χ3v) is 3.75. The molecule has 4 heteroatoms. The Morgan fingerprint density at radius 3 is 2.89 bits per heavy atom. The second-order valence-electron chi connectivity index (χ2n) is 5.05. The van der Waals surface area contributed by atoms with Gasteiger partial charge < -0.3 is 15.5 Å². The average Bonchev–Trinajstić information content (AvgIpc) is 2.38. The molecule has 18 heavy (non-hydrogen) atoms. The summed E-state index contributed by atoms with van der Waals surface area (Å²) >= 11 is 3.49. The Bertz CT molecular complexity index is 364. The molecular weight excluding hydrogens is 290 g/mol. The van der Waals surface area contributed by atoms with Crippen molar-refractivity contribution in [1.29, 1.82) is 0 Å². The molecule has 0 aromatic heterocycles. The van der Waals surface area contributed by atoms with Crippen LogP contribution in [0.15, 0.2) is 28.7 Å². The van der Waals surface area contributed by atoms with Gasteiger partial charge in [0.1, 0.15) is 0 Å². The first-order chi connectivity index (χ1) is 8.74. The molecule has 0 spiro atoms. The van der Waals surface area contributed by atoms with E-state index in [1.807, 2.05) is 0 Å². The first kappa shape index (κ1) is 13.8. The molecule has 2 N–H and O–H groups in total. The fourth-order valence-corrected chi connectivity index (χ4v) is 2.69. The molecule has 1 aromatic carbocycles. The highest BCUT2D eigenvalue weighted by Crippen LogP contribution is 2.16. The Balaban J connectivity index is 1.72. The number of benzene rings is 1. The van der Waals surface area contributed by atoms with Crippen LogP contribution in [0.2, 0.25) is 0 Å². The van der Waals surface area contributed by atoms with E-state index in [0.717, 1.165) is 24.1 Å². The molecule has 0 amide bonds. The summed E-state index contributed by atoms with van der Waals surface area (Å²) in [4.78, 5) is 2.55. The van der Waals surface area contributed by atoms with Crippen LogP contribution in [0.5, 0.6) is 0 Å². The van der Waals surface area contributed by atoms with Crippen LogP contribution in [0.25, 0.3) is 0 Å². The molecule has 0 radical (unpaired) electrons. The highest BCUT2D eigenvalue weighted by atomic mass is 79.9. The summed E-state index contributed by atoms with van der Waals surface area (Å²) in [6.07, 6.45) is 0. The highest BCUT2D eigenvalue weighted by Gasteiger charge is 2.12. The summed E-state index contributed by atoms with van der Waals surface area (Å²) in [5.74, 6) is 0.669. The summed E-state index contributed by atoms with van der Waals surface area (Å²) in [5.41, 5.74) is 1.19. The van der Waals surface area contributed by atoms with Crippen molar-refractivity contribution in [2.75, 3.05) is 44.6 Å². The summed E-state index contributed by atoms with van der Waals surface area (Å²) < 4.78 is 1.13. The van der Waals surface area contributed by atoms with E-state index in [1.165, 1.54) is 25.3 Å². The molecule has 100 valence electrons. The fourth-order valence-electron chi connectivity index (χ4n) is 2.29. The SMILES string of the molecule is CC(CNc1cccc(Br)c1)CN1CCNCC1. The van der Waals surface area contributed by atoms with E-state index in [2.05, 4.69) is 62.7 Å². The van der Waals surface area contributed by atoms with Gasteiger partial charge in [-0.1, -0.05) is 28.9 Å². The van der Waals surface area contributed by atoms with Gasteiger partial charge in [-0.15, -0.1) is 0 Å². The van der Waals surface area contributed by atoms with E-state index in [0.29, 0.717) is 5.92 Å². The standard InChI is InChI=1S/C14H22BrN3/c1-12(11-18-7-5-16-6-8-18)10-17-14-4-2-3-13(15)9-14/h2-4,9,12,16-17H,5-8,10-11H2,1H3. The van der Waals surface area contributed by atoms with Crippen molar-refractivity contribution in [3.63, 3.8) is 0 Å². The number of rotatable bonds is 5. The van der Waals surface area contributed by atoms with Crippen molar-refractivity contribution >= 4 is 21.6 Å². The van der Waals surface area contributed by atoms with Gasteiger partial charge >= 0.3 is 0 Å². The molecule has 0 aliphatic carbocycles. The molecule has 1 aliphatic rings. The van der Waals surface area contributed by atoms with Gasteiger partial charge in [0, 0.05) is 49.4 Å². The van der Waals surface area contributed by atoms with Crippen molar-refractivity contribution in [3.05, 3.63) is 28.7 Å². The number of nitrogens with one attached hydrogen (secondary N) is 2. The molecule has 1 atom stereocenters. The lowest BCUT2D eigenvalue weighted by atomic mass is 10.1. The van der Waals surface area contributed by atoms with Gasteiger partial charge in [-0.25, -0.2) is 0 Å². The van der Waals surface area contributed by atoms with Crippen LogP contribution in [0.3, 0.4) is 0 Å². The van der Waals surface area contributed by atoms with Crippen LogP contribution in [-0.2, 0) is 0 Å². The van der Waals surface area contributed by atoms with Crippen LogP contribution in [-0.4, -0.2) is 44.2 Å². The number of anilines is 1. The quantitative estimate of drug-likeness (QED) is 0.874. The minimum Gasteiger partial charge on any atom is -0.385 e. The Morgan fingerprint density at radius 1 is 1.39 bits per heavy atom. The minimum atomic E-state index is 0.669. The van der Waals surface area contributed by atoms with E-state index in [9.17, 15) is 0 Å². The Hall–Kier alpha value is -0.580. The topological polar surface area (TPSA) is 27.3 Å². The Morgan fingerprint density at radius 2 is 2.17 bits per heavy atom. The number of piperazine rings is 1. The van der Waals surface area contributed by atoms with E-state index in [4.69, 9.17) is 0 Å². The Labute approximate surface area is 118 Å². The second-order valence-corrected chi connectivity index (χ2v) is 5.96. The van der Waals surface area contributed by atoms with Crippen molar-refractivity contribution < 1.29 is 0 Å². The lowest BCUT2D eigenvalue weighted by molar-refractivity contribution is 0.215. The average molecular weight is 312 g/mol. The van der Waals surface area contributed by atoms with Gasteiger partial charge in [-0.3, -0.25) is 0 Å². The number of halogens is 1. The van der Waals surface area contributed by atoms with Crippen LogP contribution in [0.4, 0.5) is 5.69 Å². The largest absolute Gasteiger partial charge is 0.385 e. The minimum absolute atomic E-state index is 0.669. The number of hydrogen-bond donors (Lipinski definition) is 2. The third kappa shape index (κ3) is 4.59. The fraction of sp³-hybridized carbons (Fsp3) is 0.571. The summed E-state index contributed by atoms with van der Waals surface area (Å²) in [7, 11) is 0. The second kappa shape index (κ2) is 7.12. The molecule has 3 nitrogen and oxygen atoms in total. The molecule has 1 aromatic rings. The molecule has 0 bridgehead atoms. The van der Waals surface area contributed by atoms with Crippen LogP contribution >= 0.6 is 15.9 Å². The van der Waals surface area contributed by atoms with Crippen molar-refractivity contribution in [3.8, 4) is 0 Å². The third-order valence-electron chi connectivity index (χ3n) is 3.26. The van der Waals surface area contributed by atoms with Crippen molar-refractivity contribution in [2.45, 2.75) is 6.92 Å². The predicted octanol–water partition coefficient (Wildman–Crippen LogP) is 2.40. The zero-order valence-electron chi connectivity index (χ0n) is 11.0. The van der Waals surface area contributed by atoms with Gasteiger partial charge in [0.2, 0.25) is 0 Å². The normalized spacial score (nSPS) is 18.6. The highest BCUT2D eigenvalue weighted by molar-refractivity contribution is 9.10. The van der Waals surface area contributed by atoms with Crippen molar-refractivity contribution in [1.82, 2.24) is 10.2 Å². The van der Waals surface area contributed by atoms with Gasteiger partial charge in [0.25, 0.3) is 0 Å². The summed E-state index contributed by atoms with van der Waals surface area (Å²) in [6, 6.07) is 8.35. The van der Waals surface area contributed by atoms with E-state index in [-0.39, 0.29) is 0 Å². The molecular formula is C14H22BrN3. The zero-order valence-corrected chi connectivity index (χ0v) is 12.5. The van der Waals surface area contributed by atoms with E-state index >= 15 is 0 Å². The first-order valence-electron chi connectivity index (χ1n) is 6.66. The molecule has 1 unspecified atom stereocenters. The molecule has 2 rings (SSSR count). The van der Waals surface area contributed by atoms with Crippen LogP contribution in [0.1, 0.15) is 6.92 Å². The van der Waals surface area contributed by atoms with Gasteiger partial charge in [-0.05, 0) is 24.1 Å². The van der Waals surface area contributed by atoms with Gasteiger partial charge in [0.05, 0.1) is 0 Å². The monoisotopic (exact) mass is 311 g/mol. The van der Waals surface area contributed by atoms with Crippen LogP contribution in [0, 0.1) is 5.92 Å². The van der Waals surface area contributed by atoms with Crippen LogP contribution < -0.4 is 10.6 Å². The first-order valence-corrected chi connectivity index (χ1v) is 7.46. The number of nitrogens with zero attached hydrogens (tertiary/aromatic N) is 1. The predicted molar refractivity (Wildman–Crippen MR) is 81.1 cm³/mol. The molecule has 1 aliphatic heterocycles. The zero-order chi connectivity index (χ0) is 12.8. The summed E-state index contributed by atoms with van der Waals surface area (Å²) in [6.45, 7) is 9.15. The molecule has 1 saturated heterocycles. The maximum absolute atomic E-state index is 3.50. The maximum atomic E-state index is 3.50. The molecule has 1 fully saturated rings. The maximum Gasteiger partial charge on any atom is 0.0351 e. The smallest absolute Gasteiger partial charge is 0.0351 e. The van der Waals surface area contributed by atoms with Gasteiger partial charge in [0.15, 0.2) is 0 Å². The lowest BCUT2D eigenvalue weighted by Gasteiger charge is -2.29. The van der Waals surface area contributed by atoms with E-state index in [1.54, 1.807) is 0 Å². The van der Waals surface area contributed by atoms with Gasteiger partial charge in [-0.2, -0.15) is 0 Å². The number of hydrogen-bond acceptors (Lipinski definition) is 3. The lowest BCUT2D eigenvalue weighted by Crippen LogP contribution is -2.45. The van der Waals surface area contributed by atoms with Crippen molar-refractivity contribution in [2.24, 2.45) is 5.92 Å². The molecule has 0 saturated carbocycles. The van der Waals surface area contributed by atoms with E-state index < -0.39 is 0 Å². The Kier molecular flexibility index (Phi) is 5.47.